The molecular weight excluding hydrogens is 406 g/mol. The molecule has 9 heteroatoms. The monoisotopic (exact) mass is 429 g/mol. The van der Waals surface area contributed by atoms with Crippen LogP contribution in [0.3, 0.4) is 0 Å². The Hall–Kier alpha value is -1.61. The molecule has 3 rings (SSSR count). The number of amides is 1. The Morgan fingerprint density at radius 1 is 1.19 bits per heavy atom. The van der Waals surface area contributed by atoms with Crippen molar-refractivity contribution in [2.45, 2.75) is 35.9 Å². The third kappa shape index (κ3) is 5.68. The van der Waals surface area contributed by atoms with Crippen molar-refractivity contribution in [2.24, 2.45) is 0 Å². The van der Waals surface area contributed by atoms with Gasteiger partial charge in [-0.05, 0) is 42.3 Å². The molecule has 1 fully saturated rings. The third-order valence-corrected chi connectivity index (χ3v) is 7.51. The lowest BCUT2D eigenvalue weighted by Gasteiger charge is -2.32. The molecule has 3 N–H and O–H groups in total. The van der Waals surface area contributed by atoms with Gasteiger partial charge in [-0.1, -0.05) is 24.3 Å². The lowest BCUT2D eigenvalue weighted by Crippen LogP contribution is -2.46. The number of sulfonamides is 1. The number of benzene rings is 1. The number of anilines is 1. The quantitative estimate of drug-likeness (QED) is 0.690. The average Bonchev–Trinajstić information content (AvgIpc) is 3.17. The van der Waals surface area contributed by atoms with Crippen LogP contribution < -0.4 is 10.5 Å². The number of nitrogen functional groups attached to an aromatic ring is 1. The third-order valence-electron chi connectivity index (χ3n) is 4.59. The highest BCUT2D eigenvalue weighted by atomic mass is 35.5. The van der Waals surface area contributed by atoms with E-state index >= 15 is 0 Å². The number of likely N-dealkylation sites (tertiary alicyclic amines) is 1. The number of rotatable bonds is 6. The van der Waals surface area contributed by atoms with Crippen molar-refractivity contribution in [2.75, 3.05) is 18.8 Å². The Morgan fingerprint density at radius 3 is 2.52 bits per heavy atom. The molecule has 148 valence electrons. The number of aryl methyl sites for hydroxylation is 1. The molecule has 0 bridgehead atoms. The summed E-state index contributed by atoms with van der Waals surface area (Å²) in [6, 6.07) is 10.8. The second-order valence-electron chi connectivity index (χ2n) is 6.41. The maximum absolute atomic E-state index is 12.4. The number of carbonyl (C=O) groups is 1. The number of nitrogens with zero attached hydrogens (tertiary/aromatic N) is 1. The first-order valence-corrected chi connectivity index (χ1v) is 11.0. The smallest absolute Gasteiger partial charge is 0.250 e. The van der Waals surface area contributed by atoms with E-state index in [0.717, 1.165) is 5.56 Å². The summed E-state index contributed by atoms with van der Waals surface area (Å²) in [7, 11) is -3.45. The molecule has 27 heavy (non-hydrogen) atoms. The van der Waals surface area contributed by atoms with E-state index in [4.69, 9.17) is 5.73 Å². The summed E-state index contributed by atoms with van der Waals surface area (Å²) in [4.78, 5) is 14.2. The van der Waals surface area contributed by atoms with Crippen molar-refractivity contribution in [1.82, 2.24) is 9.62 Å². The first-order valence-electron chi connectivity index (χ1n) is 8.63. The lowest BCUT2D eigenvalue weighted by atomic mass is 10.0. The van der Waals surface area contributed by atoms with E-state index in [1.165, 1.54) is 11.3 Å². The zero-order chi connectivity index (χ0) is 18.6. The summed E-state index contributed by atoms with van der Waals surface area (Å²) in [5.74, 6) is 0.0906. The fraction of sp³-hybridized carbons (Fsp3) is 0.389. The van der Waals surface area contributed by atoms with Gasteiger partial charge in [0.1, 0.15) is 4.21 Å². The molecule has 0 aliphatic carbocycles. The van der Waals surface area contributed by atoms with Gasteiger partial charge < -0.3 is 10.6 Å². The van der Waals surface area contributed by atoms with Crippen LogP contribution in [0.2, 0.25) is 0 Å². The summed E-state index contributed by atoms with van der Waals surface area (Å²) < 4.78 is 27.6. The van der Waals surface area contributed by atoms with E-state index in [1.54, 1.807) is 17.5 Å². The zero-order valence-electron chi connectivity index (χ0n) is 14.8. The number of carbonyl (C=O) groups excluding carboxylic acids is 1. The van der Waals surface area contributed by atoms with Gasteiger partial charge in [-0.2, -0.15) is 0 Å². The molecule has 1 aromatic carbocycles. The zero-order valence-corrected chi connectivity index (χ0v) is 17.3. The van der Waals surface area contributed by atoms with Crippen molar-refractivity contribution in [3.05, 3.63) is 47.3 Å². The van der Waals surface area contributed by atoms with Gasteiger partial charge in [0.2, 0.25) is 15.9 Å². The van der Waals surface area contributed by atoms with Gasteiger partial charge in [0.15, 0.2) is 0 Å². The number of hydrogen-bond donors (Lipinski definition) is 2. The van der Waals surface area contributed by atoms with Crippen LogP contribution in [-0.2, 0) is 21.2 Å². The van der Waals surface area contributed by atoms with E-state index in [0.29, 0.717) is 48.7 Å². The molecule has 2 heterocycles. The van der Waals surface area contributed by atoms with Gasteiger partial charge in [-0.3, -0.25) is 4.79 Å². The number of hydrogen-bond acceptors (Lipinski definition) is 5. The first-order chi connectivity index (χ1) is 12.5. The second-order valence-corrected chi connectivity index (χ2v) is 9.30. The average molecular weight is 430 g/mol. The van der Waals surface area contributed by atoms with Crippen LogP contribution in [0.1, 0.15) is 24.8 Å². The number of para-hydroxylation sites is 1. The first kappa shape index (κ1) is 21.7. The van der Waals surface area contributed by atoms with Crippen LogP contribution in [0.4, 0.5) is 5.69 Å². The Morgan fingerprint density at radius 2 is 1.89 bits per heavy atom. The molecule has 1 amide bonds. The molecule has 0 spiro atoms. The van der Waals surface area contributed by atoms with Gasteiger partial charge in [-0.15, -0.1) is 23.7 Å². The predicted octanol–water partition coefficient (Wildman–Crippen LogP) is 2.65. The van der Waals surface area contributed by atoms with Crippen LogP contribution in [0, 0.1) is 0 Å². The Kier molecular flexibility index (Phi) is 7.67. The van der Waals surface area contributed by atoms with Crippen molar-refractivity contribution >= 4 is 45.4 Å². The molecule has 1 aliphatic heterocycles. The van der Waals surface area contributed by atoms with Crippen molar-refractivity contribution in [3.8, 4) is 0 Å². The van der Waals surface area contributed by atoms with E-state index in [-0.39, 0.29) is 24.4 Å². The minimum absolute atomic E-state index is 0. The van der Waals surface area contributed by atoms with Gasteiger partial charge in [0.05, 0.1) is 0 Å². The fourth-order valence-corrected chi connectivity index (χ4v) is 5.42. The molecule has 1 aromatic heterocycles. The van der Waals surface area contributed by atoms with Crippen LogP contribution in [-0.4, -0.2) is 38.4 Å². The largest absolute Gasteiger partial charge is 0.399 e. The van der Waals surface area contributed by atoms with Crippen molar-refractivity contribution in [1.29, 1.82) is 0 Å². The summed E-state index contributed by atoms with van der Waals surface area (Å²) in [5.41, 5.74) is 7.61. The standard InChI is InChI=1S/C18H23N3O3S2.ClH/c19-16-5-2-1-4-14(16)7-8-17(22)21-11-9-15(10-12-21)20-26(23,24)18-6-3-13-25-18;/h1-6,13,15,20H,7-12,19H2;1H. The molecule has 2 aromatic rings. The lowest BCUT2D eigenvalue weighted by molar-refractivity contribution is -0.132. The Balaban J connectivity index is 0.00000261. The maximum Gasteiger partial charge on any atom is 0.250 e. The van der Waals surface area contributed by atoms with Crippen molar-refractivity contribution in [3.63, 3.8) is 0 Å². The topological polar surface area (TPSA) is 92.5 Å². The number of nitrogens with two attached hydrogens (primary N) is 1. The van der Waals surface area contributed by atoms with E-state index in [1.807, 2.05) is 29.2 Å². The number of nitrogens with one attached hydrogen (secondary N) is 1. The molecule has 0 unspecified atom stereocenters. The van der Waals surface area contributed by atoms with Crippen molar-refractivity contribution < 1.29 is 13.2 Å². The number of halogens is 1. The highest BCUT2D eigenvalue weighted by molar-refractivity contribution is 7.91. The molecule has 6 nitrogen and oxygen atoms in total. The van der Waals surface area contributed by atoms with Crippen LogP contribution in [0.15, 0.2) is 46.0 Å². The SMILES string of the molecule is Cl.Nc1ccccc1CCC(=O)N1CCC(NS(=O)(=O)c2cccs2)CC1. The number of piperidine rings is 1. The van der Waals surface area contributed by atoms with Crippen LogP contribution in [0.25, 0.3) is 0 Å². The summed E-state index contributed by atoms with van der Waals surface area (Å²) in [6.07, 6.45) is 2.30. The highest BCUT2D eigenvalue weighted by Crippen LogP contribution is 2.20. The van der Waals surface area contributed by atoms with E-state index in [2.05, 4.69) is 4.72 Å². The summed E-state index contributed by atoms with van der Waals surface area (Å²) >= 11 is 1.20. The fourth-order valence-electron chi connectivity index (χ4n) is 3.10. The van der Waals surface area contributed by atoms with E-state index in [9.17, 15) is 13.2 Å². The second kappa shape index (κ2) is 9.54. The summed E-state index contributed by atoms with van der Waals surface area (Å²) in [6.45, 7) is 1.14. The van der Waals surface area contributed by atoms with Gasteiger partial charge >= 0.3 is 0 Å². The van der Waals surface area contributed by atoms with E-state index < -0.39 is 10.0 Å². The summed E-state index contributed by atoms with van der Waals surface area (Å²) in [5, 5.41) is 1.75. The molecule has 0 radical (unpaired) electrons. The van der Waals surface area contributed by atoms with Gasteiger partial charge in [-0.25, -0.2) is 13.1 Å². The molecule has 1 aliphatic rings. The maximum atomic E-state index is 12.4. The number of thiophene rings is 1. The minimum atomic E-state index is -3.45. The molecule has 1 saturated heterocycles. The minimum Gasteiger partial charge on any atom is -0.399 e. The van der Waals surface area contributed by atoms with Gasteiger partial charge in [0, 0.05) is 31.2 Å². The Labute approximate surface area is 170 Å². The van der Waals surface area contributed by atoms with Crippen LogP contribution >= 0.6 is 23.7 Å². The Bertz CT molecular complexity index is 848. The normalized spacial score (nSPS) is 15.3. The van der Waals surface area contributed by atoms with Gasteiger partial charge in [0.25, 0.3) is 0 Å². The highest BCUT2D eigenvalue weighted by Gasteiger charge is 2.26. The molecular formula is C18H24ClN3O3S2. The predicted molar refractivity (Wildman–Crippen MR) is 111 cm³/mol. The molecule has 0 saturated carbocycles. The van der Waals surface area contributed by atoms with Crippen LogP contribution in [0.5, 0.6) is 0 Å². The molecule has 0 atom stereocenters.